The Hall–Kier alpha value is -1.38. The predicted molar refractivity (Wildman–Crippen MR) is 109 cm³/mol. The van der Waals surface area contributed by atoms with Gasteiger partial charge in [0, 0.05) is 57.9 Å². The maximum atomic E-state index is 10.4. The van der Waals surface area contributed by atoms with E-state index in [1.807, 2.05) is 18.2 Å². The number of likely N-dealkylation sites (N-methyl/N-ethyl adjacent to an activating group) is 1. The molecule has 0 radical (unpaired) electrons. The first-order valence-electron chi connectivity index (χ1n) is 10.3. The number of aliphatic hydroxyl groups excluding tert-OH is 2. The van der Waals surface area contributed by atoms with E-state index in [9.17, 15) is 10.2 Å². The lowest BCUT2D eigenvalue weighted by atomic mass is 10.1. The van der Waals surface area contributed by atoms with Gasteiger partial charge in [0.1, 0.15) is 24.2 Å². The van der Waals surface area contributed by atoms with Crippen LogP contribution in [0.3, 0.4) is 0 Å². The first-order valence-corrected chi connectivity index (χ1v) is 10.3. The third kappa shape index (κ3) is 6.32. The van der Waals surface area contributed by atoms with E-state index in [0.29, 0.717) is 6.54 Å². The van der Waals surface area contributed by atoms with Gasteiger partial charge >= 0.3 is 0 Å². The average molecular weight is 394 g/mol. The molecule has 0 amide bonds. The second-order valence-electron chi connectivity index (χ2n) is 8.05. The van der Waals surface area contributed by atoms with Crippen molar-refractivity contribution in [2.75, 3.05) is 66.6 Å². The van der Waals surface area contributed by atoms with Gasteiger partial charge in [0.2, 0.25) is 0 Å². The molecule has 2 fully saturated rings. The average Bonchev–Trinajstić information content (AvgIpc) is 2.70. The molecule has 1 aromatic carbocycles. The molecule has 2 aliphatic heterocycles. The van der Waals surface area contributed by atoms with Crippen LogP contribution in [-0.4, -0.2) is 104 Å². The molecule has 0 aliphatic carbocycles. The van der Waals surface area contributed by atoms with E-state index in [2.05, 4.69) is 21.7 Å². The molecular formula is C21H35N3O4. The van der Waals surface area contributed by atoms with Crippen molar-refractivity contribution < 1.29 is 19.7 Å². The van der Waals surface area contributed by atoms with Crippen molar-refractivity contribution in [1.29, 1.82) is 0 Å². The lowest BCUT2D eigenvalue weighted by molar-refractivity contribution is 0.0334. The van der Waals surface area contributed by atoms with Crippen LogP contribution in [-0.2, 0) is 6.54 Å². The van der Waals surface area contributed by atoms with Gasteiger partial charge in [-0.1, -0.05) is 0 Å². The number of β-amino-alcohol motifs (C(OH)–C–C–N with tert-alkyl or cyclic N) is 1. The van der Waals surface area contributed by atoms with Gasteiger partial charge in [-0.25, -0.2) is 0 Å². The van der Waals surface area contributed by atoms with Crippen LogP contribution in [0.1, 0.15) is 18.4 Å². The van der Waals surface area contributed by atoms with E-state index in [0.717, 1.165) is 75.7 Å². The number of methoxy groups -OCH3 is 1. The summed E-state index contributed by atoms with van der Waals surface area (Å²) >= 11 is 0. The third-order valence-electron chi connectivity index (χ3n) is 5.71. The van der Waals surface area contributed by atoms with Crippen molar-refractivity contribution in [2.45, 2.75) is 31.6 Å². The van der Waals surface area contributed by atoms with Crippen LogP contribution in [0, 0.1) is 0 Å². The molecule has 0 saturated carbocycles. The molecular weight excluding hydrogens is 358 g/mol. The monoisotopic (exact) mass is 393 g/mol. The van der Waals surface area contributed by atoms with Crippen molar-refractivity contribution in [3.05, 3.63) is 23.8 Å². The molecule has 28 heavy (non-hydrogen) atoms. The number of piperazine rings is 1. The Bertz CT molecular complexity index is 599. The van der Waals surface area contributed by atoms with Crippen LogP contribution >= 0.6 is 0 Å². The summed E-state index contributed by atoms with van der Waals surface area (Å²) in [6.07, 6.45) is 0.817. The second kappa shape index (κ2) is 10.4. The minimum Gasteiger partial charge on any atom is -0.497 e. The summed E-state index contributed by atoms with van der Waals surface area (Å²) in [5.74, 6) is 1.64. The molecule has 0 unspecified atom stereocenters. The van der Waals surface area contributed by atoms with Crippen LogP contribution in [0.2, 0.25) is 0 Å². The van der Waals surface area contributed by atoms with Gasteiger partial charge in [-0.05, 0) is 38.1 Å². The summed E-state index contributed by atoms with van der Waals surface area (Å²) in [6.45, 7) is 7.54. The van der Waals surface area contributed by atoms with Gasteiger partial charge in [0.15, 0.2) is 0 Å². The van der Waals surface area contributed by atoms with Gasteiger partial charge in [-0.2, -0.15) is 0 Å². The lowest BCUT2D eigenvalue weighted by Gasteiger charge is -2.33. The zero-order chi connectivity index (χ0) is 19.9. The van der Waals surface area contributed by atoms with Gasteiger partial charge in [-0.3, -0.25) is 4.90 Å². The molecule has 7 heteroatoms. The molecule has 2 saturated heterocycles. The van der Waals surface area contributed by atoms with Gasteiger partial charge in [0.25, 0.3) is 0 Å². The molecule has 0 aromatic heterocycles. The standard InChI is InChI=1S/C21H35N3O4/c1-22-9-11-24(12-10-22)14-17-13-20(27-2)3-4-21(17)28-16-19(26)15-23-7-5-18(25)6-8-23/h3-4,13,18-19,25-26H,5-12,14-16H2,1-2H3/t19-/m0/s1. The highest BCUT2D eigenvalue weighted by Crippen LogP contribution is 2.26. The normalized spacial score (nSPS) is 21.6. The molecule has 158 valence electrons. The molecule has 1 aromatic rings. The van der Waals surface area contributed by atoms with E-state index in [-0.39, 0.29) is 12.7 Å². The number of piperidine rings is 1. The van der Waals surface area contributed by atoms with Crippen LogP contribution in [0.25, 0.3) is 0 Å². The zero-order valence-corrected chi connectivity index (χ0v) is 17.2. The molecule has 7 nitrogen and oxygen atoms in total. The van der Waals surface area contributed by atoms with Crippen LogP contribution < -0.4 is 9.47 Å². The first-order chi connectivity index (χ1) is 13.5. The molecule has 2 heterocycles. The number of hydrogen-bond acceptors (Lipinski definition) is 7. The van der Waals surface area contributed by atoms with Crippen LogP contribution in [0.4, 0.5) is 0 Å². The number of rotatable bonds is 8. The van der Waals surface area contributed by atoms with Crippen molar-refractivity contribution in [3.63, 3.8) is 0 Å². The SMILES string of the molecule is COc1ccc(OC[C@@H](O)CN2CCC(O)CC2)c(CN2CCN(C)CC2)c1. The summed E-state index contributed by atoms with van der Waals surface area (Å²) in [5.41, 5.74) is 1.09. The fraction of sp³-hybridized carbons (Fsp3) is 0.714. The minimum atomic E-state index is -0.547. The van der Waals surface area contributed by atoms with Crippen molar-refractivity contribution in [1.82, 2.24) is 14.7 Å². The highest BCUT2D eigenvalue weighted by atomic mass is 16.5. The summed E-state index contributed by atoms with van der Waals surface area (Å²) in [6, 6.07) is 5.88. The summed E-state index contributed by atoms with van der Waals surface area (Å²) < 4.78 is 11.4. The Morgan fingerprint density at radius 2 is 1.79 bits per heavy atom. The largest absolute Gasteiger partial charge is 0.497 e. The van der Waals surface area contributed by atoms with Crippen molar-refractivity contribution >= 4 is 0 Å². The fourth-order valence-corrected chi connectivity index (χ4v) is 3.83. The minimum absolute atomic E-state index is 0.193. The summed E-state index contributed by atoms with van der Waals surface area (Å²) in [4.78, 5) is 6.96. The van der Waals surface area contributed by atoms with Gasteiger partial charge in [0.05, 0.1) is 13.2 Å². The molecule has 2 N–H and O–H groups in total. The van der Waals surface area contributed by atoms with E-state index >= 15 is 0 Å². The van der Waals surface area contributed by atoms with E-state index < -0.39 is 6.10 Å². The first kappa shape index (κ1) is 21.3. The maximum absolute atomic E-state index is 10.4. The fourth-order valence-electron chi connectivity index (χ4n) is 3.83. The Morgan fingerprint density at radius 1 is 1.07 bits per heavy atom. The Balaban J connectivity index is 1.54. The number of aliphatic hydroxyl groups is 2. The molecule has 0 spiro atoms. The van der Waals surface area contributed by atoms with Crippen molar-refractivity contribution in [2.24, 2.45) is 0 Å². The number of nitrogens with zero attached hydrogens (tertiary/aromatic N) is 3. The number of benzene rings is 1. The highest BCUT2D eigenvalue weighted by Gasteiger charge is 2.20. The topological polar surface area (TPSA) is 68.6 Å². The van der Waals surface area contributed by atoms with Crippen molar-refractivity contribution in [3.8, 4) is 11.5 Å². The Labute approximate surface area is 168 Å². The molecule has 3 rings (SSSR count). The van der Waals surface area contributed by atoms with Gasteiger partial charge in [-0.15, -0.1) is 0 Å². The maximum Gasteiger partial charge on any atom is 0.124 e. The smallest absolute Gasteiger partial charge is 0.124 e. The second-order valence-corrected chi connectivity index (χ2v) is 8.05. The third-order valence-corrected chi connectivity index (χ3v) is 5.71. The number of ether oxygens (including phenoxy) is 2. The Morgan fingerprint density at radius 3 is 2.46 bits per heavy atom. The van der Waals surface area contributed by atoms with Gasteiger partial charge < -0.3 is 29.5 Å². The van der Waals surface area contributed by atoms with E-state index in [4.69, 9.17) is 9.47 Å². The number of hydrogen-bond donors (Lipinski definition) is 2. The number of likely N-dealkylation sites (tertiary alicyclic amines) is 1. The molecule has 2 aliphatic rings. The van der Waals surface area contributed by atoms with Crippen LogP contribution in [0.15, 0.2) is 18.2 Å². The molecule has 1 atom stereocenters. The summed E-state index contributed by atoms with van der Waals surface area (Å²) in [5, 5.41) is 20.0. The quantitative estimate of drug-likeness (QED) is 0.672. The zero-order valence-electron chi connectivity index (χ0n) is 17.2. The van der Waals surface area contributed by atoms with E-state index in [1.165, 1.54) is 0 Å². The predicted octanol–water partition coefficient (Wildman–Crippen LogP) is 0.639. The highest BCUT2D eigenvalue weighted by molar-refractivity contribution is 5.40. The van der Waals surface area contributed by atoms with E-state index in [1.54, 1.807) is 7.11 Å². The summed E-state index contributed by atoms with van der Waals surface area (Å²) in [7, 11) is 3.83. The Kier molecular flexibility index (Phi) is 7.93. The lowest BCUT2D eigenvalue weighted by Crippen LogP contribution is -2.44. The molecule has 0 bridgehead atoms. The van der Waals surface area contributed by atoms with Crippen LogP contribution in [0.5, 0.6) is 11.5 Å².